The number of piperidine rings is 1. The van der Waals surface area contributed by atoms with Crippen molar-refractivity contribution in [1.29, 1.82) is 0 Å². The van der Waals surface area contributed by atoms with Crippen LogP contribution in [0, 0.1) is 0 Å². The molecule has 23 heavy (non-hydrogen) atoms. The van der Waals surface area contributed by atoms with Gasteiger partial charge >= 0.3 is 6.03 Å². The summed E-state index contributed by atoms with van der Waals surface area (Å²) >= 11 is 0. The van der Waals surface area contributed by atoms with Crippen LogP contribution in [-0.4, -0.2) is 25.2 Å². The molecule has 0 bridgehead atoms. The summed E-state index contributed by atoms with van der Waals surface area (Å²) in [5, 5.41) is 9.53. The Balaban J connectivity index is 1.72. The van der Waals surface area contributed by atoms with Gasteiger partial charge in [0.25, 0.3) is 0 Å². The van der Waals surface area contributed by atoms with Crippen LogP contribution in [0.15, 0.2) is 60.7 Å². The molecule has 3 N–H and O–H groups in total. The smallest absolute Gasteiger partial charge is 0.315 e. The van der Waals surface area contributed by atoms with Crippen molar-refractivity contribution in [3.63, 3.8) is 0 Å². The molecule has 1 heterocycles. The number of benzene rings is 2. The molecule has 4 heteroatoms. The fourth-order valence-corrected chi connectivity index (χ4v) is 2.97. The van der Waals surface area contributed by atoms with Crippen LogP contribution in [0.3, 0.4) is 0 Å². The molecule has 1 aliphatic heterocycles. The van der Waals surface area contributed by atoms with E-state index in [9.17, 15) is 4.79 Å². The van der Waals surface area contributed by atoms with Gasteiger partial charge in [-0.2, -0.15) is 0 Å². The third kappa shape index (κ3) is 4.33. The Morgan fingerprint density at radius 3 is 1.96 bits per heavy atom. The lowest BCUT2D eigenvalue weighted by Gasteiger charge is -2.26. The van der Waals surface area contributed by atoms with Crippen LogP contribution in [-0.2, 0) is 0 Å². The third-order valence-electron chi connectivity index (χ3n) is 4.22. The molecule has 1 saturated heterocycles. The molecule has 0 aliphatic carbocycles. The number of rotatable bonds is 4. The quantitative estimate of drug-likeness (QED) is 0.813. The number of nitrogens with one attached hydrogen (secondary N) is 3. The number of carbonyl (C=O) groups is 1. The van der Waals surface area contributed by atoms with Gasteiger partial charge in [-0.1, -0.05) is 60.7 Å². The van der Waals surface area contributed by atoms with Crippen molar-refractivity contribution in [3.8, 4) is 0 Å². The second-order valence-corrected chi connectivity index (χ2v) is 5.90. The van der Waals surface area contributed by atoms with Crippen molar-refractivity contribution in [2.75, 3.05) is 13.1 Å². The van der Waals surface area contributed by atoms with E-state index >= 15 is 0 Å². The molecule has 120 valence electrons. The van der Waals surface area contributed by atoms with E-state index in [1.807, 2.05) is 60.7 Å². The van der Waals surface area contributed by atoms with Gasteiger partial charge in [0.1, 0.15) is 0 Å². The highest BCUT2D eigenvalue weighted by atomic mass is 16.2. The van der Waals surface area contributed by atoms with Crippen molar-refractivity contribution >= 4 is 6.03 Å². The summed E-state index contributed by atoms with van der Waals surface area (Å²) in [5.74, 6) is 0. The van der Waals surface area contributed by atoms with Gasteiger partial charge in [0.15, 0.2) is 0 Å². The van der Waals surface area contributed by atoms with Gasteiger partial charge in [-0.05, 0) is 37.1 Å². The van der Waals surface area contributed by atoms with E-state index in [-0.39, 0.29) is 18.1 Å². The van der Waals surface area contributed by atoms with Gasteiger partial charge in [0, 0.05) is 6.04 Å². The molecule has 3 rings (SSSR count). The molecular weight excluding hydrogens is 286 g/mol. The fraction of sp³-hybridized carbons (Fsp3) is 0.316. The number of carbonyl (C=O) groups excluding carboxylic acids is 1. The lowest BCUT2D eigenvalue weighted by molar-refractivity contribution is 0.231. The zero-order valence-electron chi connectivity index (χ0n) is 13.2. The van der Waals surface area contributed by atoms with Crippen LogP contribution >= 0.6 is 0 Å². The number of urea groups is 1. The Bertz CT molecular complexity index is 570. The lowest BCUT2D eigenvalue weighted by Crippen LogP contribution is -2.47. The van der Waals surface area contributed by atoms with Crippen molar-refractivity contribution in [2.24, 2.45) is 0 Å². The SMILES string of the molecule is O=C(NC1CCNCC1)NC(c1ccccc1)c1ccccc1. The zero-order valence-corrected chi connectivity index (χ0v) is 13.2. The first-order valence-electron chi connectivity index (χ1n) is 8.20. The standard InChI is InChI=1S/C19H23N3O/c23-19(21-17-11-13-20-14-12-17)22-18(15-7-3-1-4-8-15)16-9-5-2-6-10-16/h1-10,17-18,20H,11-14H2,(H2,21,22,23). The van der Waals surface area contributed by atoms with Gasteiger partial charge in [0.2, 0.25) is 0 Å². The summed E-state index contributed by atoms with van der Waals surface area (Å²) in [4.78, 5) is 12.4. The first-order valence-corrected chi connectivity index (χ1v) is 8.20. The van der Waals surface area contributed by atoms with Crippen molar-refractivity contribution in [2.45, 2.75) is 24.9 Å². The minimum atomic E-state index is -0.140. The summed E-state index contributed by atoms with van der Waals surface area (Å²) < 4.78 is 0. The minimum Gasteiger partial charge on any atom is -0.335 e. The molecule has 0 spiro atoms. The first-order chi connectivity index (χ1) is 11.3. The normalized spacial score (nSPS) is 15.3. The molecule has 0 saturated carbocycles. The fourth-order valence-electron chi connectivity index (χ4n) is 2.97. The first kappa shape index (κ1) is 15.6. The van der Waals surface area contributed by atoms with Gasteiger partial charge < -0.3 is 16.0 Å². The maximum atomic E-state index is 12.4. The van der Waals surface area contributed by atoms with E-state index in [4.69, 9.17) is 0 Å². The van der Waals surface area contributed by atoms with Gasteiger partial charge in [-0.25, -0.2) is 4.79 Å². The topological polar surface area (TPSA) is 53.2 Å². The average molecular weight is 309 g/mol. The molecule has 1 aliphatic rings. The Morgan fingerprint density at radius 1 is 0.913 bits per heavy atom. The molecule has 2 aromatic rings. The predicted molar refractivity (Wildman–Crippen MR) is 92.3 cm³/mol. The van der Waals surface area contributed by atoms with Crippen LogP contribution in [0.1, 0.15) is 30.0 Å². The number of amides is 2. The number of hydrogen-bond acceptors (Lipinski definition) is 2. The van der Waals surface area contributed by atoms with Gasteiger partial charge in [-0.3, -0.25) is 0 Å². The van der Waals surface area contributed by atoms with Crippen molar-refractivity contribution < 1.29 is 4.79 Å². The van der Waals surface area contributed by atoms with Crippen LogP contribution in [0.25, 0.3) is 0 Å². The Hall–Kier alpha value is -2.33. The highest BCUT2D eigenvalue weighted by molar-refractivity contribution is 5.75. The molecule has 2 amide bonds. The molecule has 0 radical (unpaired) electrons. The van der Waals surface area contributed by atoms with Crippen molar-refractivity contribution in [3.05, 3.63) is 71.8 Å². The minimum absolute atomic E-state index is 0.102. The molecule has 1 fully saturated rings. The Morgan fingerprint density at radius 2 is 1.43 bits per heavy atom. The second-order valence-electron chi connectivity index (χ2n) is 5.90. The summed E-state index contributed by atoms with van der Waals surface area (Å²) in [6.07, 6.45) is 1.96. The van der Waals surface area contributed by atoms with E-state index in [2.05, 4.69) is 16.0 Å². The largest absolute Gasteiger partial charge is 0.335 e. The second kappa shape index (κ2) is 7.79. The van der Waals surface area contributed by atoms with Crippen LogP contribution in [0.5, 0.6) is 0 Å². The molecule has 0 unspecified atom stereocenters. The van der Waals surface area contributed by atoms with Crippen LogP contribution in [0.2, 0.25) is 0 Å². The third-order valence-corrected chi connectivity index (χ3v) is 4.22. The number of hydrogen-bond donors (Lipinski definition) is 3. The zero-order chi connectivity index (χ0) is 15.9. The van der Waals surface area contributed by atoms with E-state index < -0.39 is 0 Å². The van der Waals surface area contributed by atoms with Crippen molar-refractivity contribution in [1.82, 2.24) is 16.0 Å². The van der Waals surface area contributed by atoms with Gasteiger partial charge in [-0.15, -0.1) is 0 Å². The highest BCUT2D eigenvalue weighted by Gasteiger charge is 2.19. The average Bonchev–Trinajstić information content (AvgIpc) is 2.62. The maximum absolute atomic E-state index is 12.4. The maximum Gasteiger partial charge on any atom is 0.315 e. The summed E-state index contributed by atoms with van der Waals surface area (Å²) in [6.45, 7) is 1.93. The molecule has 4 nitrogen and oxygen atoms in total. The van der Waals surface area contributed by atoms with E-state index in [1.54, 1.807) is 0 Å². The molecular formula is C19H23N3O. The van der Waals surface area contributed by atoms with E-state index in [0.29, 0.717) is 0 Å². The summed E-state index contributed by atoms with van der Waals surface area (Å²) in [7, 11) is 0. The molecule has 2 aromatic carbocycles. The molecule has 0 aromatic heterocycles. The van der Waals surface area contributed by atoms with E-state index in [1.165, 1.54) is 0 Å². The Kier molecular flexibility index (Phi) is 5.27. The predicted octanol–water partition coefficient (Wildman–Crippen LogP) is 2.83. The Labute approximate surface area is 137 Å². The molecule has 0 atom stereocenters. The summed E-state index contributed by atoms with van der Waals surface area (Å²) in [5.41, 5.74) is 2.17. The highest BCUT2D eigenvalue weighted by Crippen LogP contribution is 2.21. The monoisotopic (exact) mass is 309 g/mol. The van der Waals surface area contributed by atoms with Crippen LogP contribution < -0.4 is 16.0 Å². The summed E-state index contributed by atoms with van der Waals surface area (Å²) in [6, 6.07) is 20.2. The lowest BCUT2D eigenvalue weighted by atomic mass is 9.99. The van der Waals surface area contributed by atoms with E-state index in [0.717, 1.165) is 37.1 Å². The van der Waals surface area contributed by atoms with Gasteiger partial charge in [0.05, 0.1) is 6.04 Å². The van der Waals surface area contributed by atoms with Crippen LogP contribution in [0.4, 0.5) is 4.79 Å².